The van der Waals surface area contributed by atoms with Gasteiger partial charge in [0.1, 0.15) is 5.58 Å². The van der Waals surface area contributed by atoms with Crippen molar-refractivity contribution in [2.75, 3.05) is 18.8 Å². The van der Waals surface area contributed by atoms with Crippen molar-refractivity contribution in [1.82, 2.24) is 10.6 Å². The van der Waals surface area contributed by atoms with Gasteiger partial charge in [-0.1, -0.05) is 0 Å². The normalized spacial score (nSPS) is 10.3. The molecule has 0 aliphatic heterocycles. The zero-order chi connectivity index (χ0) is 13.8. The monoisotopic (exact) mass is 262 g/mol. The summed E-state index contributed by atoms with van der Waals surface area (Å²) in [5.41, 5.74) is 11.7. The van der Waals surface area contributed by atoms with Gasteiger partial charge < -0.3 is 26.5 Å². The number of rotatable bonds is 4. The summed E-state index contributed by atoms with van der Waals surface area (Å²) in [5, 5.41) is 5.72. The highest BCUT2D eigenvalue weighted by Crippen LogP contribution is 2.21. The van der Waals surface area contributed by atoms with Gasteiger partial charge in [0.2, 0.25) is 0 Å². The molecule has 19 heavy (non-hydrogen) atoms. The molecule has 1 heterocycles. The Labute approximate surface area is 108 Å². The third-order valence-electron chi connectivity index (χ3n) is 2.47. The fourth-order valence-electron chi connectivity index (χ4n) is 1.62. The number of benzene rings is 1. The van der Waals surface area contributed by atoms with Crippen molar-refractivity contribution < 1.29 is 14.0 Å². The molecule has 3 amide bonds. The van der Waals surface area contributed by atoms with Crippen molar-refractivity contribution >= 4 is 28.6 Å². The van der Waals surface area contributed by atoms with E-state index in [1.54, 1.807) is 24.3 Å². The minimum absolute atomic E-state index is 0.194. The standard InChI is InChI=1S/C12H14N4O3/c13-8-1-2-9-7(5-8)6-10(19-9)11(17)15-3-4-16-12(14)18/h1-2,5-6H,3-4,13H2,(H,15,17)(H3,14,16,18). The van der Waals surface area contributed by atoms with Crippen LogP contribution in [-0.2, 0) is 0 Å². The van der Waals surface area contributed by atoms with Crippen LogP contribution in [0.4, 0.5) is 10.5 Å². The summed E-state index contributed by atoms with van der Waals surface area (Å²) in [6.45, 7) is 0.523. The fraction of sp³-hybridized carbons (Fsp3) is 0.167. The van der Waals surface area contributed by atoms with E-state index >= 15 is 0 Å². The summed E-state index contributed by atoms with van der Waals surface area (Å²) in [6, 6.07) is 6.11. The Bertz CT molecular complexity index is 620. The minimum atomic E-state index is -0.631. The molecular formula is C12H14N4O3. The van der Waals surface area contributed by atoms with Gasteiger partial charge in [-0.25, -0.2) is 4.79 Å². The first kappa shape index (κ1) is 12.7. The van der Waals surface area contributed by atoms with Crippen LogP contribution in [0.15, 0.2) is 28.7 Å². The second-order valence-corrected chi connectivity index (χ2v) is 3.95. The molecule has 0 saturated carbocycles. The van der Waals surface area contributed by atoms with Crippen LogP contribution >= 0.6 is 0 Å². The number of carbonyl (C=O) groups excluding carboxylic acids is 2. The summed E-state index contributed by atoms with van der Waals surface area (Å²) in [5.74, 6) is -0.166. The Morgan fingerprint density at radius 3 is 2.63 bits per heavy atom. The molecule has 2 rings (SSSR count). The van der Waals surface area contributed by atoms with Crippen LogP contribution in [-0.4, -0.2) is 25.0 Å². The predicted octanol–water partition coefficient (Wildman–Crippen LogP) is 0.413. The molecule has 0 radical (unpaired) electrons. The molecule has 6 N–H and O–H groups in total. The lowest BCUT2D eigenvalue weighted by Gasteiger charge is -2.02. The van der Waals surface area contributed by atoms with Crippen molar-refractivity contribution in [3.63, 3.8) is 0 Å². The second kappa shape index (κ2) is 5.30. The number of urea groups is 1. The number of hydrogen-bond donors (Lipinski definition) is 4. The highest BCUT2D eigenvalue weighted by atomic mass is 16.3. The molecule has 100 valence electrons. The molecule has 0 saturated heterocycles. The Balaban J connectivity index is 1.99. The highest BCUT2D eigenvalue weighted by molar-refractivity contribution is 5.96. The van der Waals surface area contributed by atoms with E-state index in [2.05, 4.69) is 10.6 Å². The third kappa shape index (κ3) is 3.15. The van der Waals surface area contributed by atoms with E-state index in [0.717, 1.165) is 5.39 Å². The SMILES string of the molecule is NC(=O)NCCNC(=O)c1cc2cc(N)ccc2o1. The summed E-state index contributed by atoms with van der Waals surface area (Å²) in [7, 11) is 0. The van der Waals surface area contributed by atoms with Crippen molar-refractivity contribution in [2.45, 2.75) is 0 Å². The maximum absolute atomic E-state index is 11.8. The zero-order valence-corrected chi connectivity index (χ0v) is 10.1. The lowest BCUT2D eigenvalue weighted by molar-refractivity contribution is 0.0928. The topological polar surface area (TPSA) is 123 Å². The Kier molecular flexibility index (Phi) is 3.56. The zero-order valence-electron chi connectivity index (χ0n) is 10.1. The maximum atomic E-state index is 11.8. The first-order chi connectivity index (χ1) is 9.06. The van der Waals surface area contributed by atoms with Gasteiger partial charge in [-0.2, -0.15) is 0 Å². The van der Waals surface area contributed by atoms with Crippen LogP contribution in [0, 0.1) is 0 Å². The molecule has 7 nitrogen and oxygen atoms in total. The van der Waals surface area contributed by atoms with Gasteiger partial charge in [0.15, 0.2) is 5.76 Å². The molecule has 0 fully saturated rings. The Morgan fingerprint density at radius 1 is 1.16 bits per heavy atom. The molecule has 0 unspecified atom stereocenters. The number of anilines is 1. The van der Waals surface area contributed by atoms with E-state index in [0.29, 0.717) is 11.3 Å². The van der Waals surface area contributed by atoms with E-state index in [9.17, 15) is 9.59 Å². The number of carbonyl (C=O) groups is 2. The second-order valence-electron chi connectivity index (χ2n) is 3.95. The molecule has 0 spiro atoms. The first-order valence-electron chi connectivity index (χ1n) is 5.67. The van der Waals surface area contributed by atoms with E-state index in [1.165, 1.54) is 0 Å². The molecule has 0 atom stereocenters. The van der Waals surface area contributed by atoms with Gasteiger partial charge in [0.25, 0.3) is 5.91 Å². The number of hydrogen-bond acceptors (Lipinski definition) is 4. The van der Waals surface area contributed by atoms with Crippen LogP contribution in [0.25, 0.3) is 11.0 Å². The van der Waals surface area contributed by atoms with Crippen molar-refractivity contribution in [3.05, 3.63) is 30.0 Å². The van der Waals surface area contributed by atoms with E-state index in [4.69, 9.17) is 15.9 Å². The van der Waals surface area contributed by atoms with Crippen LogP contribution in [0.2, 0.25) is 0 Å². The molecule has 0 aliphatic rings. The average Bonchev–Trinajstić information content (AvgIpc) is 2.77. The van der Waals surface area contributed by atoms with Gasteiger partial charge in [0.05, 0.1) is 0 Å². The molecular weight excluding hydrogens is 248 g/mol. The number of nitrogen functional groups attached to an aromatic ring is 1. The number of nitrogens with one attached hydrogen (secondary N) is 2. The fourth-order valence-corrected chi connectivity index (χ4v) is 1.62. The van der Waals surface area contributed by atoms with Crippen molar-refractivity contribution in [3.8, 4) is 0 Å². The maximum Gasteiger partial charge on any atom is 0.312 e. The minimum Gasteiger partial charge on any atom is -0.451 e. The predicted molar refractivity (Wildman–Crippen MR) is 70.5 cm³/mol. The largest absolute Gasteiger partial charge is 0.451 e. The van der Waals surface area contributed by atoms with Crippen LogP contribution in [0.3, 0.4) is 0 Å². The number of primary amides is 1. The molecule has 0 bridgehead atoms. The lowest BCUT2D eigenvalue weighted by Crippen LogP contribution is -2.37. The van der Waals surface area contributed by atoms with Crippen LogP contribution < -0.4 is 22.1 Å². The lowest BCUT2D eigenvalue weighted by atomic mass is 10.2. The highest BCUT2D eigenvalue weighted by Gasteiger charge is 2.11. The van der Waals surface area contributed by atoms with Gasteiger partial charge in [-0.3, -0.25) is 4.79 Å². The number of fused-ring (bicyclic) bond motifs is 1. The van der Waals surface area contributed by atoms with E-state index in [1.807, 2.05) is 0 Å². The summed E-state index contributed by atoms with van der Waals surface area (Å²) in [6.07, 6.45) is 0. The van der Waals surface area contributed by atoms with Gasteiger partial charge in [-0.05, 0) is 24.3 Å². The smallest absolute Gasteiger partial charge is 0.312 e. The average molecular weight is 262 g/mol. The third-order valence-corrected chi connectivity index (χ3v) is 2.47. The van der Waals surface area contributed by atoms with Gasteiger partial charge >= 0.3 is 6.03 Å². The van der Waals surface area contributed by atoms with Gasteiger partial charge in [-0.15, -0.1) is 0 Å². The van der Waals surface area contributed by atoms with Gasteiger partial charge in [0, 0.05) is 24.2 Å². The summed E-state index contributed by atoms with van der Waals surface area (Å²) >= 11 is 0. The van der Waals surface area contributed by atoms with Crippen LogP contribution in [0.1, 0.15) is 10.6 Å². The molecule has 1 aromatic heterocycles. The first-order valence-corrected chi connectivity index (χ1v) is 5.67. The quantitative estimate of drug-likeness (QED) is 0.470. The van der Waals surface area contributed by atoms with Crippen molar-refractivity contribution in [1.29, 1.82) is 0 Å². The van der Waals surface area contributed by atoms with E-state index in [-0.39, 0.29) is 24.8 Å². The molecule has 0 aliphatic carbocycles. The number of nitrogens with two attached hydrogens (primary N) is 2. The molecule has 1 aromatic carbocycles. The van der Waals surface area contributed by atoms with Crippen LogP contribution in [0.5, 0.6) is 0 Å². The van der Waals surface area contributed by atoms with E-state index < -0.39 is 6.03 Å². The van der Waals surface area contributed by atoms with Crippen molar-refractivity contribution in [2.24, 2.45) is 5.73 Å². The molecule has 7 heteroatoms. The molecule has 2 aromatic rings. The Hall–Kier alpha value is -2.70. The summed E-state index contributed by atoms with van der Waals surface area (Å²) < 4.78 is 5.38. The summed E-state index contributed by atoms with van der Waals surface area (Å²) in [4.78, 5) is 22.2. The Morgan fingerprint density at radius 2 is 1.89 bits per heavy atom. The number of furan rings is 1. The number of amides is 3.